The average Bonchev–Trinajstić information content (AvgIpc) is 2.66. The lowest BCUT2D eigenvalue weighted by atomic mass is 10.00. The third-order valence-electron chi connectivity index (χ3n) is 2.72. The van der Waals surface area contributed by atoms with E-state index in [0.717, 1.165) is 5.69 Å². The van der Waals surface area contributed by atoms with Gasteiger partial charge in [0.15, 0.2) is 5.78 Å². The predicted octanol–water partition coefficient (Wildman–Crippen LogP) is 2.25. The van der Waals surface area contributed by atoms with Gasteiger partial charge in [-0.3, -0.25) is 9.48 Å². The molecule has 0 aliphatic rings. The molecule has 1 aromatic heterocycles. The van der Waals surface area contributed by atoms with Crippen molar-refractivity contribution in [3.8, 4) is 0 Å². The van der Waals surface area contributed by atoms with Crippen molar-refractivity contribution in [3.63, 3.8) is 0 Å². The van der Waals surface area contributed by atoms with Crippen LogP contribution in [0.1, 0.15) is 39.4 Å². The summed E-state index contributed by atoms with van der Waals surface area (Å²) < 4.78 is 7.08. The molecule has 4 nitrogen and oxygen atoms in total. The Balaban J connectivity index is 2.67. The van der Waals surface area contributed by atoms with Crippen LogP contribution in [0, 0.1) is 5.92 Å². The van der Waals surface area contributed by atoms with Crippen LogP contribution < -0.4 is 0 Å². The second-order valence-electron chi connectivity index (χ2n) is 4.92. The van der Waals surface area contributed by atoms with Gasteiger partial charge < -0.3 is 4.74 Å². The van der Waals surface area contributed by atoms with Gasteiger partial charge in [-0.25, -0.2) is 0 Å². The second-order valence-corrected chi connectivity index (χ2v) is 4.92. The molecule has 0 spiro atoms. The lowest BCUT2D eigenvalue weighted by Crippen LogP contribution is -2.30. The highest BCUT2D eigenvalue weighted by Crippen LogP contribution is 2.11. The van der Waals surface area contributed by atoms with Crippen molar-refractivity contribution < 1.29 is 9.53 Å². The molecule has 1 unspecified atom stereocenters. The Hall–Kier alpha value is -1.16. The SMILES string of the molecule is COC(C(=O)Cc1ccn(C(C)C)n1)C(C)C. The Labute approximate surface area is 103 Å². The summed E-state index contributed by atoms with van der Waals surface area (Å²) in [5.74, 6) is 0.288. The number of ketones is 1. The molecule has 4 heteroatoms. The van der Waals surface area contributed by atoms with E-state index in [1.54, 1.807) is 7.11 Å². The van der Waals surface area contributed by atoms with Crippen molar-refractivity contribution in [2.45, 2.75) is 46.3 Å². The van der Waals surface area contributed by atoms with E-state index in [-0.39, 0.29) is 17.8 Å². The molecule has 0 aromatic carbocycles. The van der Waals surface area contributed by atoms with Crippen LogP contribution in [-0.4, -0.2) is 28.8 Å². The first-order chi connectivity index (χ1) is 7.95. The largest absolute Gasteiger partial charge is 0.373 e. The van der Waals surface area contributed by atoms with Gasteiger partial charge in [-0.15, -0.1) is 0 Å². The quantitative estimate of drug-likeness (QED) is 0.763. The summed E-state index contributed by atoms with van der Waals surface area (Å²) in [6.45, 7) is 8.09. The Morgan fingerprint density at radius 2 is 2.06 bits per heavy atom. The van der Waals surface area contributed by atoms with Crippen molar-refractivity contribution in [3.05, 3.63) is 18.0 Å². The van der Waals surface area contributed by atoms with Gasteiger partial charge in [0.1, 0.15) is 6.10 Å². The van der Waals surface area contributed by atoms with Crippen molar-refractivity contribution >= 4 is 5.78 Å². The molecule has 0 fully saturated rings. The standard InChI is InChI=1S/C13H22N2O2/c1-9(2)13(17-5)12(16)8-11-6-7-15(14-11)10(3)4/h6-7,9-10,13H,8H2,1-5H3. The zero-order chi connectivity index (χ0) is 13.0. The van der Waals surface area contributed by atoms with E-state index < -0.39 is 0 Å². The third-order valence-corrected chi connectivity index (χ3v) is 2.72. The highest BCUT2D eigenvalue weighted by atomic mass is 16.5. The number of hydrogen-bond acceptors (Lipinski definition) is 3. The summed E-state index contributed by atoms with van der Waals surface area (Å²) in [5, 5.41) is 4.37. The Morgan fingerprint density at radius 1 is 1.41 bits per heavy atom. The lowest BCUT2D eigenvalue weighted by molar-refractivity contribution is -0.130. The zero-order valence-corrected chi connectivity index (χ0v) is 11.3. The number of aromatic nitrogens is 2. The number of carbonyl (C=O) groups excluding carboxylic acids is 1. The molecule has 0 saturated heterocycles. The number of methoxy groups -OCH3 is 1. The number of ether oxygens (including phenoxy) is 1. The molecule has 0 amide bonds. The van der Waals surface area contributed by atoms with Gasteiger partial charge in [0.2, 0.25) is 0 Å². The molecule has 0 bridgehead atoms. The highest BCUT2D eigenvalue weighted by Gasteiger charge is 2.22. The normalized spacial score (nSPS) is 13.4. The number of rotatable bonds is 6. The number of nitrogens with zero attached hydrogens (tertiary/aromatic N) is 2. The van der Waals surface area contributed by atoms with E-state index in [1.807, 2.05) is 30.8 Å². The number of carbonyl (C=O) groups is 1. The first kappa shape index (κ1) is 13.9. The summed E-state index contributed by atoms with van der Waals surface area (Å²) in [7, 11) is 1.58. The molecule has 96 valence electrons. The van der Waals surface area contributed by atoms with E-state index in [2.05, 4.69) is 18.9 Å². The van der Waals surface area contributed by atoms with E-state index >= 15 is 0 Å². The van der Waals surface area contributed by atoms with Crippen molar-refractivity contribution in [2.75, 3.05) is 7.11 Å². The van der Waals surface area contributed by atoms with Crippen LogP contribution in [0.15, 0.2) is 12.3 Å². The van der Waals surface area contributed by atoms with E-state index in [4.69, 9.17) is 4.74 Å². The van der Waals surface area contributed by atoms with Crippen LogP contribution in [0.4, 0.5) is 0 Å². The van der Waals surface area contributed by atoms with Gasteiger partial charge in [0.25, 0.3) is 0 Å². The molecule has 0 radical (unpaired) electrons. The second kappa shape index (κ2) is 5.96. The molecule has 1 atom stereocenters. The fourth-order valence-electron chi connectivity index (χ4n) is 1.81. The van der Waals surface area contributed by atoms with Crippen LogP contribution in [0.2, 0.25) is 0 Å². The minimum atomic E-state index is -0.334. The summed E-state index contributed by atoms with van der Waals surface area (Å²) in [4.78, 5) is 12.0. The molecule has 1 aromatic rings. The summed E-state index contributed by atoms with van der Waals surface area (Å²) in [6.07, 6.45) is 1.92. The molecule has 0 aliphatic heterocycles. The molecular formula is C13H22N2O2. The van der Waals surface area contributed by atoms with E-state index in [9.17, 15) is 4.79 Å². The summed E-state index contributed by atoms with van der Waals surface area (Å²) in [5.41, 5.74) is 0.811. The van der Waals surface area contributed by atoms with E-state index in [1.165, 1.54) is 0 Å². The van der Waals surface area contributed by atoms with Crippen LogP contribution >= 0.6 is 0 Å². The fraction of sp³-hybridized carbons (Fsp3) is 0.692. The molecule has 1 heterocycles. The first-order valence-electron chi connectivity index (χ1n) is 6.05. The van der Waals surface area contributed by atoms with Crippen LogP contribution in [-0.2, 0) is 16.0 Å². The van der Waals surface area contributed by atoms with Crippen molar-refractivity contribution in [1.29, 1.82) is 0 Å². The van der Waals surface area contributed by atoms with Gasteiger partial charge >= 0.3 is 0 Å². The number of Topliss-reactive ketones (excluding diaryl/α,β-unsaturated/α-hetero) is 1. The minimum Gasteiger partial charge on any atom is -0.373 e. The van der Waals surface area contributed by atoms with Crippen LogP contribution in [0.25, 0.3) is 0 Å². The Kier molecular flexibility index (Phi) is 4.87. The van der Waals surface area contributed by atoms with Gasteiger partial charge in [-0.1, -0.05) is 13.8 Å². The van der Waals surface area contributed by atoms with Gasteiger partial charge in [-0.2, -0.15) is 5.10 Å². The average molecular weight is 238 g/mol. The summed E-state index contributed by atoms with van der Waals surface area (Å²) in [6, 6.07) is 2.22. The van der Waals surface area contributed by atoms with Crippen molar-refractivity contribution in [1.82, 2.24) is 9.78 Å². The Morgan fingerprint density at radius 3 is 2.47 bits per heavy atom. The lowest BCUT2D eigenvalue weighted by Gasteiger charge is -2.17. The monoisotopic (exact) mass is 238 g/mol. The fourth-order valence-corrected chi connectivity index (χ4v) is 1.81. The zero-order valence-electron chi connectivity index (χ0n) is 11.3. The van der Waals surface area contributed by atoms with Gasteiger partial charge in [0, 0.05) is 19.3 Å². The molecule has 1 rings (SSSR count). The first-order valence-corrected chi connectivity index (χ1v) is 6.05. The Bertz CT molecular complexity index is 369. The topological polar surface area (TPSA) is 44.1 Å². The number of hydrogen-bond donors (Lipinski definition) is 0. The smallest absolute Gasteiger partial charge is 0.167 e. The van der Waals surface area contributed by atoms with Crippen LogP contribution in [0.3, 0.4) is 0 Å². The van der Waals surface area contributed by atoms with Gasteiger partial charge in [0.05, 0.1) is 12.1 Å². The van der Waals surface area contributed by atoms with Crippen LogP contribution in [0.5, 0.6) is 0 Å². The summed E-state index contributed by atoms with van der Waals surface area (Å²) >= 11 is 0. The maximum atomic E-state index is 12.0. The molecular weight excluding hydrogens is 216 g/mol. The molecule has 0 aliphatic carbocycles. The molecule has 17 heavy (non-hydrogen) atoms. The maximum Gasteiger partial charge on any atom is 0.167 e. The highest BCUT2D eigenvalue weighted by molar-refractivity contribution is 5.85. The molecule has 0 saturated carbocycles. The maximum absolute atomic E-state index is 12.0. The third kappa shape index (κ3) is 3.66. The molecule has 0 N–H and O–H groups in total. The van der Waals surface area contributed by atoms with Gasteiger partial charge in [-0.05, 0) is 25.8 Å². The van der Waals surface area contributed by atoms with E-state index in [0.29, 0.717) is 12.5 Å². The van der Waals surface area contributed by atoms with Crippen molar-refractivity contribution in [2.24, 2.45) is 5.92 Å². The predicted molar refractivity (Wildman–Crippen MR) is 67.0 cm³/mol. The minimum absolute atomic E-state index is 0.0940.